The van der Waals surface area contributed by atoms with E-state index in [2.05, 4.69) is 10.1 Å². The van der Waals surface area contributed by atoms with Gasteiger partial charge in [-0.1, -0.05) is 12.8 Å². The predicted molar refractivity (Wildman–Crippen MR) is 68.3 cm³/mol. The van der Waals surface area contributed by atoms with Gasteiger partial charge in [0.15, 0.2) is 5.65 Å². The minimum absolute atomic E-state index is 0.0938. The lowest BCUT2D eigenvalue weighted by atomic mass is 10.2. The summed E-state index contributed by atoms with van der Waals surface area (Å²) in [5.41, 5.74) is 0.725. The van der Waals surface area contributed by atoms with Gasteiger partial charge in [0.05, 0.1) is 18.2 Å². The number of ether oxygens (including phenoxy) is 1. The second-order valence-electron chi connectivity index (χ2n) is 4.89. The van der Waals surface area contributed by atoms with E-state index in [0.29, 0.717) is 23.4 Å². The first-order chi connectivity index (χ1) is 9.16. The molecular weight excluding hydrogens is 246 g/mol. The highest BCUT2D eigenvalue weighted by Gasteiger charge is 2.22. The number of hydrogen-bond acceptors (Lipinski definition) is 4. The van der Waals surface area contributed by atoms with Crippen LogP contribution in [0.3, 0.4) is 0 Å². The Kier molecular flexibility index (Phi) is 2.85. The first-order valence-electron chi connectivity index (χ1n) is 6.33. The molecule has 6 heteroatoms. The average molecular weight is 261 g/mol. The van der Waals surface area contributed by atoms with Crippen molar-refractivity contribution in [3.05, 3.63) is 18.0 Å². The quantitative estimate of drug-likeness (QED) is 0.888. The largest absolute Gasteiger partial charge is 0.492 e. The molecule has 1 aliphatic rings. The second-order valence-corrected chi connectivity index (χ2v) is 4.89. The molecule has 2 aromatic heterocycles. The van der Waals surface area contributed by atoms with E-state index in [1.807, 2.05) is 0 Å². The number of aromatic carboxylic acids is 1. The average Bonchev–Trinajstić information content (AvgIpc) is 3.13. The van der Waals surface area contributed by atoms with Gasteiger partial charge in [-0.3, -0.25) is 4.68 Å². The van der Waals surface area contributed by atoms with E-state index < -0.39 is 5.97 Å². The van der Waals surface area contributed by atoms with Crippen molar-refractivity contribution in [2.75, 3.05) is 6.61 Å². The molecule has 1 aliphatic carbocycles. The van der Waals surface area contributed by atoms with Crippen molar-refractivity contribution >= 4 is 17.0 Å². The molecule has 0 bridgehead atoms. The van der Waals surface area contributed by atoms with Gasteiger partial charge >= 0.3 is 5.97 Å². The Labute approximate surface area is 110 Å². The zero-order chi connectivity index (χ0) is 13.4. The second kappa shape index (κ2) is 4.53. The van der Waals surface area contributed by atoms with Crippen molar-refractivity contribution < 1.29 is 14.6 Å². The molecule has 0 atom stereocenters. The summed E-state index contributed by atoms with van der Waals surface area (Å²) in [7, 11) is 1.77. The zero-order valence-electron chi connectivity index (χ0n) is 10.7. The van der Waals surface area contributed by atoms with Crippen LogP contribution in [0.15, 0.2) is 12.4 Å². The molecule has 0 spiro atoms. The fourth-order valence-corrected chi connectivity index (χ4v) is 2.12. The Bertz CT molecular complexity index is 631. The van der Waals surface area contributed by atoms with Crippen molar-refractivity contribution in [1.29, 1.82) is 0 Å². The van der Waals surface area contributed by atoms with Crippen LogP contribution in [0.1, 0.15) is 29.6 Å². The zero-order valence-corrected chi connectivity index (χ0v) is 10.7. The molecule has 19 heavy (non-hydrogen) atoms. The fourth-order valence-electron chi connectivity index (χ4n) is 2.12. The summed E-state index contributed by atoms with van der Waals surface area (Å²) in [6.45, 7) is 0.541. The summed E-state index contributed by atoms with van der Waals surface area (Å²) in [5, 5.41) is 14.0. The third-order valence-electron chi connectivity index (χ3n) is 3.41. The number of aromatic nitrogens is 3. The number of rotatable bonds is 5. The predicted octanol–water partition coefficient (Wildman–Crippen LogP) is 1.85. The van der Waals surface area contributed by atoms with Crippen molar-refractivity contribution in [3.63, 3.8) is 0 Å². The van der Waals surface area contributed by atoms with E-state index in [4.69, 9.17) is 4.74 Å². The van der Waals surface area contributed by atoms with Crippen LogP contribution in [0, 0.1) is 5.92 Å². The third kappa shape index (κ3) is 2.25. The number of carbonyl (C=O) groups is 1. The highest BCUT2D eigenvalue weighted by Crippen LogP contribution is 2.33. The number of carboxylic acid groups (broad SMARTS) is 1. The van der Waals surface area contributed by atoms with Crippen LogP contribution >= 0.6 is 0 Å². The highest BCUT2D eigenvalue weighted by atomic mass is 16.5. The summed E-state index contributed by atoms with van der Waals surface area (Å²) in [4.78, 5) is 15.4. The van der Waals surface area contributed by atoms with Crippen LogP contribution in [0.5, 0.6) is 5.75 Å². The summed E-state index contributed by atoms with van der Waals surface area (Å²) in [6.07, 6.45) is 6.42. The Morgan fingerprint density at radius 1 is 1.53 bits per heavy atom. The van der Waals surface area contributed by atoms with Crippen LogP contribution in [0.4, 0.5) is 0 Å². The Morgan fingerprint density at radius 2 is 2.32 bits per heavy atom. The summed E-state index contributed by atoms with van der Waals surface area (Å²) >= 11 is 0. The minimum Gasteiger partial charge on any atom is -0.492 e. The van der Waals surface area contributed by atoms with Gasteiger partial charge in [-0.2, -0.15) is 5.10 Å². The van der Waals surface area contributed by atoms with Crippen molar-refractivity contribution in [2.24, 2.45) is 13.0 Å². The van der Waals surface area contributed by atoms with Crippen LogP contribution in [-0.4, -0.2) is 32.4 Å². The molecule has 1 saturated carbocycles. The Hall–Kier alpha value is -2.11. The van der Waals surface area contributed by atoms with Gasteiger partial charge in [0.1, 0.15) is 11.3 Å². The van der Waals surface area contributed by atoms with Crippen LogP contribution in [0.2, 0.25) is 0 Å². The van der Waals surface area contributed by atoms with Crippen molar-refractivity contribution in [3.8, 4) is 5.75 Å². The third-order valence-corrected chi connectivity index (χ3v) is 3.41. The van der Waals surface area contributed by atoms with Gasteiger partial charge in [0, 0.05) is 13.2 Å². The Morgan fingerprint density at radius 3 is 3.00 bits per heavy atom. The van der Waals surface area contributed by atoms with Gasteiger partial charge in [0.25, 0.3) is 0 Å². The molecule has 6 nitrogen and oxygen atoms in total. The van der Waals surface area contributed by atoms with Crippen LogP contribution in [0.25, 0.3) is 11.0 Å². The fraction of sp³-hybridized carbons (Fsp3) is 0.462. The molecular formula is C13H15N3O3. The van der Waals surface area contributed by atoms with E-state index in [1.54, 1.807) is 17.9 Å². The van der Waals surface area contributed by atoms with Gasteiger partial charge in [-0.15, -0.1) is 0 Å². The lowest BCUT2D eigenvalue weighted by molar-refractivity contribution is 0.0692. The van der Waals surface area contributed by atoms with Crippen molar-refractivity contribution in [1.82, 2.24) is 14.8 Å². The van der Waals surface area contributed by atoms with E-state index >= 15 is 0 Å². The number of hydrogen-bond donors (Lipinski definition) is 1. The van der Waals surface area contributed by atoms with E-state index in [1.165, 1.54) is 19.0 Å². The summed E-state index contributed by atoms with van der Waals surface area (Å²) < 4.78 is 7.31. The number of carboxylic acids is 1. The minimum atomic E-state index is -1.03. The maximum absolute atomic E-state index is 11.2. The van der Waals surface area contributed by atoms with Gasteiger partial charge in [-0.05, 0) is 12.3 Å². The molecule has 1 fully saturated rings. The van der Waals surface area contributed by atoms with E-state index in [9.17, 15) is 9.90 Å². The topological polar surface area (TPSA) is 77.2 Å². The number of fused-ring (bicyclic) bond motifs is 1. The molecule has 0 aliphatic heterocycles. The highest BCUT2D eigenvalue weighted by molar-refractivity contribution is 5.97. The van der Waals surface area contributed by atoms with E-state index in [0.717, 1.165) is 12.3 Å². The molecule has 3 rings (SSSR count). The number of nitrogens with zero attached hydrogens (tertiary/aromatic N) is 3. The molecule has 100 valence electrons. The number of aryl methyl sites for hydroxylation is 1. The standard InChI is InChI=1S/C13H15N3O3/c1-16-12-9(7-15-16)11(10(6-14-12)13(17)18)19-5-4-8-2-3-8/h6-8H,2-5H2,1H3,(H,17,18). The van der Waals surface area contributed by atoms with Crippen molar-refractivity contribution in [2.45, 2.75) is 19.3 Å². The lowest BCUT2D eigenvalue weighted by Gasteiger charge is -2.09. The maximum Gasteiger partial charge on any atom is 0.341 e. The molecule has 2 aromatic rings. The van der Waals surface area contributed by atoms with Gasteiger partial charge in [-0.25, -0.2) is 9.78 Å². The van der Waals surface area contributed by atoms with Crippen LogP contribution < -0.4 is 4.74 Å². The number of pyridine rings is 1. The van der Waals surface area contributed by atoms with Gasteiger partial charge in [0.2, 0.25) is 0 Å². The smallest absolute Gasteiger partial charge is 0.341 e. The monoisotopic (exact) mass is 261 g/mol. The molecule has 1 N–H and O–H groups in total. The van der Waals surface area contributed by atoms with Crippen LogP contribution in [-0.2, 0) is 7.05 Å². The molecule has 0 unspecified atom stereocenters. The van der Waals surface area contributed by atoms with E-state index in [-0.39, 0.29) is 5.56 Å². The molecule has 0 amide bonds. The molecule has 0 aromatic carbocycles. The molecule has 2 heterocycles. The summed E-state index contributed by atoms with van der Waals surface area (Å²) in [6, 6.07) is 0. The normalized spacial score (nSPS) is 14.8. The van der Waals surface area contributed by atoms with Gasteiger partial charge < -0.3 is 9.84 Å². The lowest BCUT2D eigenvalue weighted by Crippen LogP contribution is -2.06. The summed E-state index contributed by atoms with van der Waals surface area (Å²) in [5.74, 6) is 0.102. The molecule has 0 radical (unpaired) electrons. The maximum atomic E-state index is 11.2. The SMILES string of the molecule is Cn1ncc2c(OCCC3CC3)c(C(=O)O)cnc21. The Balaban J connectivity index is 1.95. The first kappa shape index (κ1) is 12.0. The first-order valence-corrected chi connectivity index (χ1v) is 6.33. The molecule has 0 saturated heterocycles.